The molecule has 0 aliphatic heterocycles. The molecule has 0 spiro atoms. The van der Waals surface area contributed by atoms with Gasteiger partial charge < -0.3 is 10.4 Å². The van der Waals surface area contributed by atoms with Gasteiger partial charge in [-0.1, -0.05) is 27.2 Å². The number of rotatable bonds is 8. The molecule has 0 fully saturated rings. The molecule has 18 heavy (non-hydrogen) atoms. The molecule has 0 aliphatic rings. The van der Waals surface area contributed by atoms with E-state index in [-0.39, 0.29) is 12.0 Å². The number of aromatic nitrogens is 2. The summed E-state index contributed by atoms with van der Waals surface area (Å²) in [5, 5.41) is 12.8. The van der Waals surface area contributed by atoms with E-state index in [1.807, 2.05) is 6.07 Å². The third kappa shape index (κ3) is 3.95. The second-order valence-electron chi connectivity index (χ2n) is 4.86. The molecule has 2 N–H and O–H groups in total. The van der Waals surface area contributed by atoms with Crippen molar-refractivity contribution in [3.63, 3.8) is 0 Å². The molecule has 0 bridgehead atoms. The molecule has 0 unspecified atom stereocenters. The lowest BCUT2D eigenvalue weighted by Crippen LogP contribution is -2.32. The fourth-order valence-corrected chi connectivity index (χ4v) is 1.94. The van der Waals surface area contributed by atoms with Crippen LogP contribution in [0, 0.1) is 5.41 Å². The Hall–Kier alpha value is -1.16. The van der Waals surface area contributed by atoms with Crippen LogP contribution in [-0.2, 0) is 6.42 Å². The number of nitrogens with one attached hydrogen (secondary N) is 1. The van der Waals surface area contributed by atoms with E-state index >= 15 is 0 Å². The van der Waals surface area contributed by atoms with Gasteiger partial charge in [0.05, 0.1) is 6.61 Å². The molecule has 0 radical (unpaired) electrons. The summed E-state index contributed by atoms with van der Waals surface area (Å²) in [5.74, 6) is 0.855. The molecule has 0 aliphatic carbocycles. The zero-order valence-electron chi connectivity index (χ0n) is 11.7. The average Bonchev–Trinajstić information content (AvgIpc) is 2.42. The monoisotopic (exact) mass is 251 g/mol. The minimum absolute atomic E-state index is 0.0458. The predicted molar refractivity (Wildman–Crippen MR) is 74.6 cm³/mol. The quantitative estimate of drug-likeness (QED) is 0.745. The predicted octanol–water partition coefficient (Wildman–Crippen LogP) is 2.64. The largest absolute Gasteiger partial charge is 0.396 e. The third-order valence-corrected chi connectivity index (χ3v) is 3.71. The van der Waals surface area contributed by atoms with Crippen molar-refractivity contribution in [1.29, 1.82) is 0 Å². The van der Waals surface area contributed by atoms with E-state index in [9.17, 15) is 5.11 Å². The van der Waals surface area contributed by atoms with Crippen LogP contribution in [0.2, 0.25) is 0 Å². The summed E-state index contributed by atoms with van der Waals surface area (Å²) >= 11 is 0. The fourth-order valence-electron chi connectivity index (χ4n) is 1.94. The summed E-state index contributed by atoms with van der Waals surface area (Å²) in [6.45, 7) is 7.33. The van der Waals surface area contributed by atoms with Gasteiger partial charge in [-0.3, -0.25) is 0 Å². The first kappa shape index (κ1) is 14.9. The Labute approximate surface area is 110 Å². The molecule has 0 aromatic carbocycles. The van der Waals surface area contributed by atoms with E-state index in [0.717, 1.165) is 43.7 Å². The van der Waals surface area contributed by atoms with E-state index in [2.05, 4.69) is 36.1 Å². The molecule has 1 aromatic heterocycles. The Morgan fingerprint density at radius 2 is 1.94 bits per heavy atom. The van der Waals surface area contributed by atoms with Gasteiger partial charge in [-0.15, -0.1) is 0 Å². The van der Waals surface area contributed by atoms with Gasteiger partial charge in [-0.2, -0.15) is 0 Å². The van der Waals surface area contributed by atoms with Gasteiger partial charge in [0.2, 0.25) is 0 Å². The standard InChI is InChI=1S/C14H25N3O/c1-4-7-12-8-13(17-11-16-12)15-9-14(5-2,6-3)10-18/h8,11,18H,4-7,9-10H2,1-3H3,(H,15,16,17). The van der Waals surface area contributed by atoms with E-state index in [1.165, 1.54) is 0 Å². The van der Waals surface area contributed by atoms with Crippen molar-refractivity contribution in [2.75, 3.05) is 18.5 Å². The van der Waals surface area contributed by atoms with E-state index in [4.69, 9.17) is 0 Å². The second-order valence-corrected chi connectivity index (χ2v) is 4.86. The first-order chi connectivity index (χ1) is 8.69. The fraction of sp³-hybridized carbons (Fsp3) is 0.714. The highest BCUT2D eigenvalue weighted by Gasteiger charge is 2.24. The Balaban J connectivity index is 2.64. The lowest BCUT2D eigenvalue weighted by atomic mass is 9.83. The maximum absolute atomic E-state index is 9.52. The van der Waals surface area contributed by atoms with Crippen LogP contribution in [0.1, 0.15) is 45.7 Å². The molecule has 0 saturated carbocycles. The van der Waals surface area contributed by atoms with Gasteiger partial charge in [0.1, 0.15) is 12.1 Å². The van der Waals surface area contributed by atoms with Crippen LogP contribution < -0.4 is 5.32 Å². The number of aliphatic hydroxyl groups excluding tert-OH is 1. The van der Waals surface area contributed by atoms with Crippen molar-refractivity contribution in [1.82, 2.24) is 9.97 Å². The Bertz CT molecular complexity index is 342. The molecular weight excluding hydrogens is 226 g/mol. The molecule has 1 aromatic rings. The van der Waals surface area contributed by atoms with Crippen molar-refractivity contribution >= 4 is 5.82 Å². The molecule has 4 nitrogen and oxygen atoms in total. The minimum Gasteiger partial charge on any atom is -0.396 e. The van der Waals surface area contributed by atoms with E-state index in [0.29, 0.717) is 0 Å². The van der Waals surface area contributed by atoms with E-state index in [1.54, 1.807) is 6.33 Å². The van der Waals surface area contributed by atoms with Gasteiger partial charge in [0.15, 0.2) is 0 Å². The summed E-state index contributed by atoms with van der Waals surface area (Å²) in [6, 6.07) is 2.00. The molecule has 4 heteroatoms. The van der Waals surface area contributed by atoms with Gasteiger partial charge in [-0.05, 0) is 19.3 Å². The molecule has 0 saturated heterocycles. The normalized spacial score (nSPS) is 11.6. The zero-order chi connectivity index (χ0) is 13.4. The highest BCUT2D eigenvalue weighted by molar-refractivity contribution is 5.35. The van der Waals surface area contributed by atoms with Crippen molar-refractivity contribution in [2.45, 2.75) is 46.5 Å². The van der Waals surface area contributed by atoms with Gasteiger partial charge in [0.25, 0.3) is 0 Å². The Kier molecular flexibility index (Phi) is 6.05. The molecule has 102 valence electrons. The summed E-state index contributed by atoms with van der Waals surface area (Å²) in [4.78, 5) is 8.46. The van der Waals surface area contributed by atoms with Crippen LogP contribution in [0.4, 0.5) is 5.82 Å². The Morgan fingerprint density at radius 3 is 2.50 bits per heavy atom. The van der Waals surface area contributed by atoms with Crippen molar-refractivity contribution < 1.29 is 5.11 Å². The third-order valence-electron chi connectivity index (χ3n) is 3.71. The number of nitrogens with zero attached hydrogens (tertiary/aromatic N) is 2. The topological polar surface area (TPSA) is 58.0 Å². The highest BCUT2D eigenvalue weighted by Crippen LogP contribution is 2.25. The number of anilines is 1. The number of hydrogen-bond acceptors (Lipinski definition) is 4. The number of aliphatic hydroxyl groups is 1. The number of hydrogen-bond donors (Lipinski definition) is 2. The van der Waals surface area contributed by atoms with E-state index < -0.39 is 0 Å². The summed E-state index contributed by atoms with van der Waals surface area (Å²) < 4.78 is 0. The Morgan fingerprint density at radius 1 is 1.22 bits per heavy atom. The highest BCUT2D eigenvalue weighted by atomic mass is 16.3. The van der Waals surface area contributed by atoms with Crippen LogP contribution in [0.15, 0.2) is 12.4 Å². The smallest absolute Gasteiger partial charge is 0.129 e. The van der Waals surface area contributed by atoms with Gasteiger partial charge >= 0.3 is 0 Å². The maximum Gasteiger partial charge on any atom is 0.129 e. The van der Waals surface area contributed by atoms with Crippen LogP contribution in [0.5, 0.6) is 0 Å². The average molecular weight is 251 g/mol. The molecular formula is C14H25N3O. The van der Waals surface area contributed by atoms with Crippen LogP contribution in [0.25, 0.3) is 0 Å². The second kappa shape index (κ2) is 7.31. The minimum atomic E-state index is -0.0458. The molecule has 0 amide bonds. The van der Waals surface area contributed by atoms with Crippen LogP contribution >= 0.6 is 0 Å². The van der Waals surface area contributed by atoms with Crippen molar-refractivity contribution in [3.8, 4) is 0 Å². The first-order valence-corrected chi connectivity index (χ1v) is 6.85. The first-order valence-electron chi connectivity index (χ1n) is 6.85. The molecule has 1 rings (SSSR count). The lowest BCUT2D eigenvalue weighted by molar-refractivity contribution is 0.127. The SMILES string of the molecule is CCCc1cc(NCC(CC)(CC)CO)ncn1. The summed E-state index contributed by atoms with van der Waals surface area (Å²) in [7, 11) is 0. The lowest BCUT2D eigenvalue weighted by Gasteiger charge is -2.29. The summed E-state index contributed by atoms with van der Waals surface area (Å²) in [5.41, 5.74) is 1.02. The molecule has 1 heterocycles. The van der Waals surface area contributed by atoms with Crippen molar-refractivity contribution in [3.05, 3.63) is 18.1 Å². The van der Waals surface area contributed by atoms with Crippen LogP contribution in [-0.4, -0.2) is 28.2 Å². The van der Waals surface area contributed by atoms with Gasteiger partial charge in [0, 0.05) is 23.7 Å². The summed E-state index contributed by atoms with van der Waals surface area (Å²) in [6.07, 6.45) is 5.58. The van der Waals surface area contributed by atoms with Gasteiger partial charge in [-0.25, -0.2) is 9.97 Å². The zero-order valence-corrected chi connectivity index (χ0v) is 11.7. The van der Waals surface area contributed by atoms with Crippen molar-refractivity contribution in [2.24, 2.45) is 5.41 Å². The maximum atomic E-state index is 9.52. The van der Waals surface area contributed by atoms with Crippen LogP contribution in [0.3, 0.4) is 0 Å². The molecule has 0 atom stereocenters. The number of aryl methyl sites for hydroxylation is 1.